The van der Waals surface area contributed by atoms with Crippen molar-refractivity contribution >= 4 is 11.8 Å². The second kappa shape index (κ2) is 6.90. The zero-order valence-electron chi connectivity index (χ0n) is 11.4. The van der Waals surface area contributed by atoms with Crippen LogP contribution in [-0.4, -0.2) is 28.5 Å². The van der Waals surface area contributed by atoms with Crippen LogP contribution in [0.25, 0.3) is 11.5 Å². The lowest BCUT2D eigenvalue weighted by atomic mass is 10.0. The molecule has 1 N–H and O–H groups in total. The minimum Gasteiger partial charge on any atom is -0.411 e. The van der Waals surface area contributed by atoms with Crippen LogP contribution in [0.2, 0.25) is 0 Å². The first-order valence-electron chi connectivity index (χ1n) is 7.17. The summed E-state index contributed by atoms with van der Waals surface area (Å²) in [6.45, 7) is 1.16. The molecule has 1 atom stereocenters. The average Bonchev–Trinajstić information content (AvgIpc) is 2.98. The molecule has 1 unspecified atom stereocenters. The Morgan fingerprint density at radius 1 is 1.20 bits per heavy atom. The van der Waals surface area contributed by atoms with Crippen molar-refractivity contribution in [3.8, 4) is 11.5 Å². The normalized spacial score (nSPS) is 19.1. The van der Waals surface area contributed by atoms with Gasteiger partial charge in [-0.05, 0) is 37.9 Å². The fraction of sp³-hybridized carbons (Fsp3) is 0.467. The maximum Gasteiger partial charge on any atom is 0.276 e. The van der Waals surface area contributed by atoms with Crippen LogP contribution in [0.3, 0.4) is 0 Å². The Morgan fingerprint density at radius 2 is 2.10 bits per heavy atom. The van der Waals surface area contributed by atoms with E-state index in [1.54, 1.807) is 11.8 Å². The second-order valence-corrected chi connectivity index (χ2v) is 6.07. The third-order valence-corrected chi connectivity index (χ3v) is 4.38. The van der Waals surface area contributed by atoms with Crippen molar-refractivity contribution in [2.75, 3.05) is 12.3 Å². The average molecular weight is 289 g/mol. The van der Waals surface area contributed by atoms with Crippen molar-refractivity contribution in [2.24, 2.45) is 0 Å². The van der Waals surface area contributed by atoms with E-state index in [9.17, 15) is 0 Å². The molecular weight excluding hydrogens is 270 g/mol. The molecule has 1 saturated heterocycles. The van der Waals surface area contributed by atoms with Gasteiger partial charge >= 0.3 is 0 Å². The van der Waals surface area contributed by atoms with Crippen molar-refractivity contribution in [3.05, 3.63) is 30.3 Å². The number of rotatable bonds is 5. The Balaban J connectivity index is 1.50. The first-order valence-corrected chi connectivity index (χ1v) is 8.15. The number of nitrogens with zero attached hydrogens (tertiary/aromatic N) is 2. The third-order valence-electron chi connectivity index (χ3n) is 3.53. The molecule has 0 bridgehead atoms. The predicted octanol–water partition coefficient (Wildman–Crippen LogP) is 3.36. The molecule has 0 aliphatic carbocycles. The molecule has 2 heterocycles. The van der Waals surface area contributed by atoms with E-state index in [1.807, 2.05) is 30.3 Å². The Bertz CT molecular complexity index is 523. The highest BCUT2D eigenvalue weighted by Gasteiger charge is 2.13. The van der Waals surface area contributed by atoms with Crippen LogP contribution in [0.1, 0.15) is 25.7 Å². The Labute approximate surface area is 123 Å². The van der Waals surface area contributed by atoms with E-state index in [1.165, 1.54) is 19.3 Å². The number of hydrogen-bond donors (Lipinski definition) is 1. The lowest BCUT2D eigenvalue weighted by molar-refractivity contribution is 0.394. The van der Waals surface area contributed by atoms with Crippen molar-refractivity contribution in [2.45, 2.75) is 36.9 Å². The maximum absolute atomic E-state index is 5.68. The van der Waals surface area contributed by atoms with Crippen LogP contribution in [0, 0.1) is 0 Å². The summed E-state index contributed by atoms with van der Waals surface area (Å²) in [7, 11) is 0. The highest BCUT2D eigenvalue weighted by atomic mass is 32.2. The summed E-state index contributed by atoms with van der Waals surface area (Å²) >= 11 is 1.65. The highest BCUT2D eigenvalue weighted by Crippen LogP contribution is 2.24. The van der Waals surface area contributed by atoms with Gasteiger partial charge in [-0.1, -0.05) is 36.4 Å². The molecule has 1 fully saturated rings. The smallest absolute Gasteiger partial charge is 0.276 e. The second-order valence-electron chi connectivity index (χ2n) is 5.02. The third kappa shape index (κ3) is 3.61. The number of hydrogen-bond acceptors (Lipinski definition) is 5. The van der Waals surface area contributed by atoms with E-state index < -0.39 is 0 Å². The van der Waals surface area contributed by atoms with Crippen LogP contribution < -0.4 is 5.32 Å². The van der Waals surface area contributed by atoms with E-state index in [2.05, 4.69) is 15.5 Å². The quantitative estimate of drug-likeness (QED) is 0.855. The molecule has 0 spiro atoms. The zero-order chi connectivity index (χ0) is 13.6. The fourth-order valence-corrected chi connectivity index (χ4v) is 3.24. The van der Waals surface area contributed by atoms with E-state index in [4.69, 9.17) is 4.42 Å². The summed E-state index contributed by atoms with van der Waals surface area (Å²) in [5.74, 6) is 1.62. The van der Waals surface area contributed by atoms with Crippen molar-refractivity contribution in [3.63, 3.8) is 0 Å². The van der Waals surface area contributed by atoms with Crippen molar-refractivity contribution < 1.29 is 4.42 Å². The summed E-state index contributed by atoms with van der Waals surface area (Å²) in [6, 6.07) is 10.5. The SMILES string of the molecule is c1ccc(-c2nnc(SCCC3CCCCN3)o2)cc1. The summed E-state index contributed by atoms with van der Waals surface area (Å²) in [4.78, 5) is 0. The van der Waals surface area contributed by atoms with Gasteiger partial charge in [0.1, 0.15) is 0 Å². The molecule has 0 amide bonds. The van der Waals surface area contributed by atoms with Crippen molar-refractivity contribution in [1.82, 2.24) is 15.5 Å². The van der Waals surface area contributed by atoms with Crippen LogP contribution in [-0.2, 0) is 0 Å². The lowest BCUT2D eigenvalue weighted by Crippen LogP contribution is -2.34. The van der Waals surface area contributed by atoms with E-state index in [0.717, 1.165) is 24.3 Å². The van der Waals surface area contributed by atoms with Gasteiger partial charge in [-0.2, -0.15) is 0 Å². The molecule has 1 aliphatic rings. The molecule has 1 aromatic heterocycles. The van der Waals surface area contributed by atoms with Gasteiger partial charge in [-0.25, -0.2) is 0 Å². The summed E-state index contributed by atoms with van der Waals surface area (Å²) in [5.41, 5.74) is 0.973. The largest absolute Gasteiger partial charge is 0.411 e. The van der Waals surface area contributed by atoms with Crippen LogP contribution in [0.4, 0.5) is 0 Å². The van der Waals surface area contributed by atoms with Crippen LogP contribution in [0.5, 0.6) is 0 Å². The van der Waals surface area contributed by atoms with Crippen LogP contribution in [0.15, 0.2) is 40.0 Å². The predicted molar refractivity (Wildman–Crippen MR) is 80.7 cm³/mol. The zero-order valence-corrected chi connectivity index (χ0v) is 12.2. The standard InChI is InChI=1S/C15H19N3OS/c1-2-6-12(7-3-1)14-17-18-15(19-14)20-11-9-13-8-4-5-10-16-13/h1-3,6-7,13,16H,4-5,8-11H2. The molecule has 4 nitrogen and oxygen atoms in total. The lowest BCUT2D eigenvalue weighted by Gasteiger charge is -2.22. The maximum atomic E-state index is 5.68. The van der Waals surface area contributed by atoms with Gasteiger partial charge in [0, 0.05) is 17.4 Å². The minimum atomic E-state index is 0.601. The van der Waals surface area contributed by atoms with Gasteiger partial charge in [-0.15, -0.1) is 10.2 Å². The molecule has 2 aromatic rings. The van der Waals surface area contributed by atoms with Crippen molar-refractivity contribution in [1.29, 1.82) is 0 Å². The number of piperidine rings is 1. The molecule has 1 aromatic carbocycles. The molecule has 20 heavy (non-hydrogen) atoms. The number of aromatic nitrogens is 2. The highest BCUT2D eigenvalue weighted by molar-refractivity contribution is 7.99. The Kier molecular flexibility index (Phi) is 4.71. The molecule has 0 saturated carbocycles. The fourth-order valence-electron chi connectivity index (χ4n) is 2.42. The Morgan fingerprint density at radius 3 is 2.90 bits per heavy atom. The number of nitrogens with one attached hydrogen (secondary N) is 1. The summed E-state index contributed by atoms with van der Waals surface area (Å²) in [5, 5.41) is 12.4. The van der Waals surface area contributed by atoms with Crippen LogP contribution >= 0.6 is 11.8 Å². The molecular formula is C15H19N3OS. The van der Waals surface area contributed by atoms with Gasteiger partial charge < -0.3 is 9.73 Å². The van der Waals surface area contributed by atoms with Gasteiger partial charge in [-0.3, -0.25) is 0 Å². The first kappa shape index (κ1) is 13.6. The number of benzene rings is 1. The summed E-state index contributed by atoms with van der Waals surface area (Å²) < 4.78 is 5.68. The number of thioether (sulfide) groups is 1. The molecule has 0 radical (unpaired) electrons. The monoisotopic (exact) mass is 289 g/mol. The molecule has 5 heteroatoms. The van der Waals surface area contributed by atoms with Gasteiger partial charge in [0.15, 0.2) is 0 Å². The first-order chi connectivity index (χ1) is 9.92. The summed E-state index contributed by atoms with van der Waals surface area (Å²) in [6.07, 6.45) is 5.11. The topological polar surface area (TPSA) is 51.0 Å². The minimum absolute atomic E-state index is 0.601. The molecule has 1 aliphatic heterocycles. The van der Waals surface area contributed by atoms with E-state index >= 15 is 0 Å². The van der Waals surface area contributed by atoms with Gasteiger partial charge in [0.2, 0.25) is 5.89 Å². The Hall–Kier alpha value is -1.33. The molecule has 3 rings (SSSR count). The van der Waals surface area contributed by atoms with Gasteiger partial charge in [0.25, 0.3) is 5.22 Å². The van der Waals surface area contributed by atoms with Gasteiger partial charge in [0.05, 0.1) is 0 Å². The molecule has 106 valence electrons. The van der Waals surface area contributed by atoms with E-state index in [-0.39, 0.29) is 0 Å². The van der Waals surface area contributed by atoms with E-state index in [0.29, 0.717) is 17.2 Å².